The Morgan fingerprint density at radius 1 is 1.08 bits per heavy atom. The van der Waals surface area contributed by atoms with E-state index in [1.807, 2.05) is 41.3 Å². The van der Waals surface area contributed by atoms with Crippen LogP contribution in [0.4, 0.5) is 4.79 Å². The van der Waals surface area contributed by atoms with Crippen molar-refractivity contribution in [2.75, 3.05) is 6.54 Å². The highest BCUT2D eigenvalue weighted by atomic mass is 16.2. The Kier molecular flexibility index (Phi) is 4.64. The minimum Gasteiger partial charge on any atom is -0.334 e. The summed E-state index contributed by atoms with van der Waals surface area (Å²) in [6, 6.07) is 18.4. The lowest BCUT2D eigenvalue weighted by Crippen LogP contribution is -2.49. The third kappa shape index (κ3) is 3.44. The van der Waals surface area contributed by atoms with Crippen LogP contribution in [0.3, 0.4) is 0 Å². The zero-order chi connectivity index (χ0) is 17.8. The lowest BCUT2D eigenvalue weighted by Gasteiger charge is -2.41. The van der Waals surface area contributed by atoms with Gasteiger partial charge in [-0.15, -0.1) is 0 Å². The molecule has 1 saturated heterocycles. The number of hydrogen-bond donors (Lipinski definition) is 1. The molecule has 6 nitrogen and oxygen atoms in total. The molecule has 2 heterocycles. The highest BCUT2D eigenvalue weighted by Crippen LogP contribution is 2.32. The molecule has 1 aliphatic heterocycles. The number of benzene rings is 2. The monoisotopic (exact) mass is 347 g/mol. The van der Waals surface area contributed by atoms with E-state index in [0.717, 1.165) is 24.1 Å². The first-order chi connectivity index (χ1) is 12.8. The van der Waals surface area contributed by atoms with Crippen LogP contribution in [0.5, 0.6) is 0 Å². The SMILES string of the molecule is O=C(NCc1ccccc1Cn1cncn1)N1CC[C@@H]1c1ccccc1. The number of nitrogens with one attached hydrogen (secondary N) is 1. The number of hydrogen-bond acceptors (Lipinski definition) is 3. The van der Waals surface area contributed by atoms with E-state index in [1.54, 1.807) is 11.0 Å². The van der Waals surface area contributed by atoms with Gasteiger partial charge in [-0.1, -0.05) is 54.6 Å². The van der Waals surface area contributed by atoms with Crippen LogP contribution in [0, 0.1) is 0 Å². The number of nitrogens with zero attached hydrogens (tertiary/aromatic N) is 4. The highest BCUT2D eigenvalue weighted by Gasteiger charge is 2.33. The van der Waals surface area contributed by atoms with Crippen LogP contribution < -0.4 is 5.32 Å². The first kappa shape index (κ1) is 16.3. The van der Waals surface area contributed by atoms with Crippen molar-refractivity contribution in [3.63, 3.8) is 0 Å². The van der Waals surface area contributed by atoms with Gasteiger partial charge in [0.05, 0.1) is 12.6 Å². The molecule has 1 N–H and O–H groups in total. The molecule has 1 atom stereocenters. The average Bonchev–Trinajstić information content (AvgIpc) is 3.14. The molecule has 0 radical (unpaired) electrons. The summed E-state index contributed by atoms with van der Waals surface area (Å²) in [5.74, 6) is 0. The average molecular weight is 347 g/mol. The number of carbonyl (C=O) groups is 1. The molecule has 1 aromatic heterocycles. The second kappa shape index (κ2) is 7.39. The predicted octanol–water partition coefficient (Wildman–Crippen LogP) is 2.98. The Balaban J connectivity index is 1.39. The maximum absolute atomic E-state index is 12.6. The summed E-state index contributed by atoms with van der Waals surface area (Å²) in [5.41, 5.74) is 3.41. The minimum absolute atomic E-state index is 0.0133. The fourth-order valence-corrected chi connectivity index (χ4v) is 3.30. The number of urea groups is 1. The smallest absolute Gasteiger partial charge is 0.318 e. The number of amides is 2. The molecular formula is C20H21N5O. The molecule has 0 aliphatic carbocycles. The largest absolute Gasteiger partial charge is 0.334 e. The predicted molar refractivity (Wildman–Crippen MR) is 98.3 cm³/mol. The minimum atomic E-state index is -0.0133. The third-order valence-corrected chi connectivity index (χ3v) is 4.81. The lowest BCUT2D eigenvalue weighted by atomic mass is 9.95. The molecule has 6 heteroatoms. The topological polar surface area (TPSA) is 63.1 Å². The van der Waals surface area contributed by atoms with Gasteiger partial charge in [0.2, 0.25) is 0 Å². The number of rotatable bonds is 5. The van der Waals surface area contributed by atoms with Crippen LogP contribution in [0.15, 0.2) is 67.3 Å². The summed E-state index contributed by atoms with van der Waals surface area (Å²) in [5, 5.41) is 7.21. The normalized spacial score (nSPS) is 16.2. The Morgan fingerprint density at radius 2 is 1.85 bits per heavy atom. The van der Waals surface area contributed by atoms with Crippen LogP contribution in [-0.2, 0) is 13.1 Å². The van der Waals surface area contributed by atoms with E-state index in [9.17, 15) is 4.79 Å². The fourth-order valence-electron chi connectivity index (χ4n) is 3.30. The van der Waals surface area contributed by atoms with Crippen molar-refractivity contribution in [3.8, 4) is 0 Å². The Morgan fingerprint density at radius 3 is 2.54 bits per heavy atom. The van der Waals surface area contributed by atoms with E-state index >= 15 is 0 Å². The highest BCUT2D eigenvalue weighted by molar-refractivity contribution is 5.75. The van der Waals surface area contributed by atoms with Gasteiger partial charge in [0.1, 0.15) is 12.7 Å². The van der Waals surface area contributed by atoms with Gasteiger partial charge in [0.25, 0.3) is 0 Å². The summed E-state index contributed by atoms with van der Waals surface area (Å²) in [6.07, 6.45) is 4.23. The molecule has 0 unspecified atom stereocenters. The zero-order valence-electron chi connectivity index (χ0n) is 14.5. The molecule has 26 heavy (non-hydrogen) atoms. The van der Waals surface area contributed by atoms with Crippen molar-refractivity contribution in [2.24, 2.45) is 0 Å². The second-order valence-electron chi connectivity index (χ2n) is 6.43. The number of carbonyl (C=O) groups excluding carboxylic acids is 1. The third-order valence-electron chi connectivity index (χ3n) is 4.81. The fraction of sp³-hybridized carbons (Fsp3) is 0.250. The van der Waals surface area contributed by atoms with E-state index in [4.69, 9.17) is 0 Å². The van der Waals surface area contributed by atoms with Gasteiger partial charge >= 0.3 is 6.03 Å². The molecule has 0 saturated carbocycles. The quantitative estimate of drug-likeness (QED) is 0.772. The second-order valence-corrected chi connectivity index (χ2v) is 6.43. The molecule has 2 aromatic carbocycles. The van der Waals surface area contributed by atoms with E-state index in [0.29, 0.717) is 13.1 Å². The van der Waals surface area contributed by atoms with E-state index in [-0.39, 0.29) is 12.1 Å². The van der Waals surface area contributed by atoms with Crippen LogP contribution in [-0.4, -0.2) is 32.2 Å². The first-order valence-corrected chi connectivity index (χ1v) is 8.80. The van der Waals surface area contributed by atoms with Gasteiger partial charge in [-0.3, -0.25) is 0 Å². The standard InChI is InChI=1S/C20H21N5O/c26-20(25-11-10-19(25)16-6-2-1-3-7-16)22-12-17-8-4-5-9-18(17)13-24-15-21-14-23-24/h1-9,14-15,19H,10-13H2,(H,22,26)/t19-/m1/s1. The van der Waals surface area contributed by atoms with Crippen LogP contribution in [0.1, 0.15) is 29.2 Å². The summed E-state index contributed by atoms with van der Waals surface area (Å²) < 4.78 is 1.78. The van der Waals surface area contributed by atoms with E-state index in [1.165, 1.54) is 11.9 Å². The summed E-state index contributed by atoms with van der Waals surface area (Å²) in [4.78, 5) is 18.5. The van der Waals surface area contributed by atoms with E-state index in [2.05, 4.69) is 33.6 Å². The van der Waals surface area contributed by atoms with Crippen molar-refractivity contribution in [1.82, 2.24) is 25.0 Å². The van der Waals surface area contributed by atoms with Gasteiger partial charge in [-0.25, -0.2) is 14.5 Å². The Hall–Kier alpha value is -3.15. The molecule has 4 rings (SSSR count). The lowest BCUT2D eigenvalue weighted by molar-refractivity contribution is 0.115. The van der Waals surface area contributed by atoms with Gasteiger partial charge in [-0.05, 0) is 23.1 Å². The summed E-state index contributed by atoms with van der Waals surface area (Å²) in [6.45, 7) is 1.94. The van der Waals surface area contributed by atoms with Crippen molar-refractivity contribution >= 4 is 6.03 Å². The van der Waals surface area contributed by atoms with Crippen LogP contribution in [0.25, 0.3) is 0 Å². The van der Waals surface area contributed by atoms with Crippen molar-refractivity contribution < 1.29 is 4.79 Å². The van der Waals surface area contributed by atoms with Gasteiger partial charge in [-0.2, -0.15) is 5.10 Å². The van der Waals surface area contributed by atoms with Crippen LogP contribution in [0.2, 0.25) is 0 Å². The van der Waals surface area contributed by atoms with Crippen molar-refractivity contribution in [3.05, 3.63) is 83.9 Å². The Labute approximate surface area is 152 Å². The Bertz CT molecular complexity index is 863. The molecular weight excluding hydrogens is 326 g/mol. The molecule has 1 aliphatic rings. The molecule has 0 bridgehead atoms. The first-order valence-electron chi connectivity index (χ1n) is 8.80. The van der Waals surface area contributed by atoms with Crippen LogP contribution >= 0.6 is 0 Å². The maximum Gasteiger partial charge on any atom is 0.318 e. The summed E-state index contributed by atoms with van der Waals surface area (Å²) >= 11 is 0. The maximum atomic E-state index is 12.6. The van der Waals surface area contributed by atoms with Crippen molar-refractivity contribution in [2.45, 2.75) is 25.6 Å². The number of aromatic nitrogens is 3. The molecule has 2 amide bonds. The summed E-state index contributed by atoms with van der Waals surface area (Å²) in [7, 11) is 0. The molecule has 1 fully saturated rings. The van der Waals surface area contributed by atoms with Gasteiger partial charge in [0, 0.05) is 13.1 Å². The molecule has 132 valence electrons. The molecule has 3 aromatic rings. The van der Waals surface area contributed by atoms with Gasteiger partial charge in [0.15, 0.2) is 0 Å². The number of likely N-dealkylation sites (tertiary alicyclic amines) is 1. The molecule has 0 spiro atoms. The zero-order valence-corrected chi connectivity index (χ0v) is 14.5. The van der Waals surface area contributed by atoms with Crippen molar-refractivity contribution in [1.29, 1.82) is 0 Å². The van der Waals surface area contributed by atoms with Gasteiger partial charge < -0.3 is 10.2 Å². The van der Waals surface area contributed by atoms with E-state index < -0.39 is 0 Å².